The molecule has 2 aliphatic carbocycles. The quantitative estimate of drug-likeness (QED) is 0.800. The molecule has 0 aromatic heterocycles. The van der Waals surface area contributed by atoms with Crippen LogP contribution in [-0.4, -0.2) is 37.7 Å². The van der Waals surface area contributed by atoms with E-state index in [1.54, 1.807) is 0 Å². The Kier molecular flexibility index (Phi) is 2.75. The van der Waals surface area contributed by atoms with E-state index < -0.39 is 0 Å². The summed E-state index contributed by atoms with van der Waals surface area (Å²) in [4.78, 5) is 12.6. The van der Waals surface area contributed by atoms with E-state index in [2.05, 4.69) is 24.5 Å². The Labute approximate surface area is 121 Å². The number of carbonyl (C=O) groups is 1. The van der Waals surface area contributed by atoms with Crippen LogP contribution in [0.25, 0.3) is 0 Å². The highest BCUT2D eigenvalue weighted by molar-refractivity contribution is 5.83. The zero-order valence-corrected chi connectivity index (χ0v) is 12.6. The van der Waals surface area contributed by atoms with Crippen LogP contribution >= 0.6 is 0 Å². The third kappa shape index (κ3) is 1.70. The summed E-state index contributed by atoms with van der Waals surface area (Å²) in [6.45, 7) is 7.49. The average Bonchev–Trinajstić information content (AvgIpc) is 2.93. The fourth-order valence-corrected chi connectivity index (χ4v) is 5.07. The van der Waals surface area contributed by atoms with Crippen molar-refractivity contribution in [3.63, 3.8) is 0 Å². The highest BCUT2D eigenvalue weighted by atomic mass is 16.5. The molecule has 4 rings (SSSR count). The number of nitrogens with one attached hydrogen (secondary N) is 2. The lowest BCUT2D eigenvalue weighted by Crippen LogP contribution is -2.67. The van der Waals surface area contributed by atoms with Crippen molar-refractivity contribution in [1.82, 2.24) is 10.6 Å². The van der Waals surface area contributed by atoms with Crippen LogP contribution in [0.3, 0.4) is 0 Å². The number of fused-ring (bicyclic) bond motifs is 1. The third-order valence-electron chi connectivity index (χ3n) is 6.50. The molecule has 0 bridgehead atoms. The van der Waals surface area contributed by atoms with Crippen molar-refractivity contribution in [2.45, 2.75) is 51.7 Å². The maximum absolute atomic E-state index is 12.6. The highest BCUT2D eigenvalue weighted by Gasteiger charge is 2.62. The maximum atomic E-state index is 12.6. The van der Waals surface area contributed by atoms with Crippen LogP contribution in [0.1, 0.15) is 39.5 Å². The fourth-order valence-electron chi connectivity index (χ4n) is 5.07. The molecule has 1 spiro atoms. The van der Waals surface area contributed by atoms with Crippen molar-refractivity contribution < 1.29 is 9.53 Å². The summed E-state index contributed by atoms with van der Waals surface area (Å²) in [6.07, 6.45) is 4.93. The Morgan fingerprint density at radius 3 is 2.80 bits per heavy atom. The van der Waals surface area contributed by atoms with E-state index in [0.29, 0.717) is 29.4 Å². The first-order valence-electron chi connectivity index (χ1n) is 8.17. The van der Waals surface area contributed by atoms with E-state index in [4.69, 9.17) is 4.74 Å². The summed E-state index contributed by atoms with van der Waals surface area (Å²) in [5.41, 5.74) is 0.446. The number of ether oxygens (including phenoxy) is 1. The molecule has 4 heteroatoms. The highest BCUT2D eigenvalue weighted by Crippen LogP contribution is 2.59. The average molecular weight is 278 g/mol. The van der Waals surface area contributed by atoms with Gasteiger partial charge in [-0.1, -0.05) is 13.8 Å². The first-order chi connectivity index (χ1) is 9.55. The second-order valence-electron chi connectivity index (χ2n) is 7.92. The molecular weight excluding hydrogens is 252 g/mol. The summed E-state index contributed by atoms with van der Waals surface area (Å²) < 4.78 is 5.81. The van der Waals surface area contributed by atoms with Crippen LogP contribution in [0.4, 0.5) is 0 Å². The standard InChI is InChI=1S/C16H26N2O2/c1-15(2)12(10-3-8-20-13(10)15)18-14(19)11-9-16(11)4-6-17-7-5-16/h10-13,17H,3-9H2,1-2H3,(H,18,19). The van der Waals surface area contributed by atoms with Gasteiger partial charge in [-0.15, -0.1) is 0 Å². The zero-order valence-electron chi connectivity index (χ0n) is 12.6. The van der Waals surface area contributed by atoms with E-state index >= 15 is 0 Å². The molecule has 4 unspecified atom stereocenters. The number of carbonyl (C=O) groups excluding carboxylic acids is 1. The molecule has 4 fully saturated rings. The molecule has 4 aliphatic rings. The number of amides is 1. The first-order valence-corrected chi connectivity index (χ1v) is 8.17. The van der Waals surface area contributed by atoms with Gasteiger partial charge < -0.3 is 15.4 Å². The monoisotopic (exact) mass is 278 g/mol. The van der Waals surface area contributed by atoms with Crippen LogP contribution < -0.4 is 10.6 Å². The first kappa shape index (κ1) is 13.1. The van der Waals surface area contributed by atoms with Gasteiger partial charge in [-0.25, -0.2) is 0 Å². The SMILES string of the molecule is CC1(C)C(NC(=O)C2CC23CCNCC3)C2CCOC21. The molecule has 0 aromatic rings. The predicted octanol–water partition coefficient (Wildman–Crippen LogP) is 1.31. The Morgan fingerprint density at radius 2 is 2.05 bits per heavy atom. The molecule has 0 radical (unpaired) electrons. The molecule has 2 saturated heterocycles. The number of hydrogen-bond acceptors (Lipinski definition) is 3. The summed E-state index contributed by atoms with van der Waals surface area (Å²) in [7, 11) is 0. The molecule has 2 heterocycles. The van der Waals surface area contributed by atoms with Crippen molar-refractivity contribution in [3.05, 3.63) is 0 Å². The second kappa shape index (κ2) is 4.20. The van der Waals surface area contributed by atoms with Gasteiger partial charge in [0.25, 0.3) is 0 Å². The van der Waals surface area contributed by atoms with E-state index in [9.17, 15) is 4.79 Å². The summed E-state index contributed by atoms with van der Waals surface area (Å²) in [5, 5.41) is 6.77. The minimum Gasteiger partial charge on any atom is -0.377 e. The minimum atomic E-state index is 0.104. The molecular formula is C16H26N2O2. The molecule has 2 saturated carbocycles. The van der Waals surface area contributed by atoms with Gasteiger partial charge in [0, 0.05) is 29.9 Å². The Bertz CT molecular complexity index is 428. The van der Waals surface area contributed by atoms with Gasteiger partial charge in [0.15, 0.2) is 0 Å². The van der Waals surface area contributed by atoms with Crippen LogP contribution in [0.2, 0.25) is 0 Å². The zero-order chi connectivity index (χ0) is 14.0. The smallest absolute Gasteiger partial charge is 0.223 e. The third-order valence-corrected chi connectivity index (χ3v) is 6.50. The van der Waals surface area contributed by atoms with Crippen LogP contribution in [0.15, 0.2) is 0 Å². The lowest BCUT2D eigenvalue weighted by atomic mass is 9.57. The molecule has 0 aromatic carbocycles. The summed E-state index contributed by atoms with van der Waals surface area (Å²) >= 11 is 0. The van der Waals surface area contributed by atoms with Gasteiger partial charge in [0.1, 0.15) is 0 Å². The molecule has 20 heavy (non-hydrogen) atoms. The van der Waals surface area contributed by atoms with Gasteiger partial charge >= 0.3 is 0 Å². The molecule has 4 atom stereocenters. The number of rotatable bonds is 2. The summed E-state index contributed by atoms with van der Waals surface area (Å²) in [5.74, 6) is 1.15. The Balaban J connectivity index is 1.39. The van der Waals surface area contributed by atoms with Gasteiger partial charge in [0.2, 0.25) is 5.91 Å². The lowest BCUT2D eigenvalue weighted by molar-refractivity contribution is -0.139. The molecule has 112 valence electrons. The fraction of sp³-hybridized carbons (Fsp3) is 0.938. The molecule has 4 nitrogen and oxygen atoms in total. The maximum Gasteiger partial charge on any atom is 0.223 e. The number of piperidine rings is 1. The van der Waals surface area contributed by atoms with E-state index in [1.807, 2.05) is 0 Å². The normalized spacial score (nSPS) is 43.7. The molecule has 1 amide bonds. The van der Waals surface area contributed by atoms with E-state index in [1.165, 1.54) is 12.8 Å². The van der Waals surface area contributed by atoms with Crippen LogP contribution in [-0.2, 0) is 9.53 Å². The minimum absolute atomic E-state index is 0.104. The number of hydrogen-bond donors (Lipinski definition) is 2. The van der Waals surface area contributed by atoms with Gasteiger partial charge in [0.05, 0.1) is 6.10 Å². The second-order valence-corrected chi connectivity index (χ2v) is 7.92. The predicted molar refractivity (Wildman–Crippen MR) is 76.2 cm³/mol. The van der Waals surface area contributed by atoms with Crippen molar-refractivity contribution in [1.29, 1.82) is 0 Å². The van der Waals surface area contributed by atoms with Gasteiger partial charge in [-0.3, -0.25) is 4.79 Å². The molecule has 2 aliphatic heterocycles. The van der Waals surface area contributed by atoms with Crippen molar-refractivity contribution in [3.8, 4) is 0 Å². The van der Waals surface area contributed by atoms with E-state index in [0.717, 1.165) is 32.5 Å². The van der Waals surface area contributed by atoms with E-state index in [-0.39, 0.29) is 11.3 Å². The topological polar surface area (TPSA) is 50.4 Å². The van der Waals surface area contributed by atoms with Crippen LogP contribution in [0.5, 0.6) is 0 Å². The summed E-state index contributed by atoms with van der Waals surface area (Å²) in [6, 6.07) is 0.321. The van der Waals surface area contributed by atoms with Crippen molar-refractivity contribution in [2.75, 3.05) is 19.7 Å². The largest absolute Gasteiger partial charge is 0.377 e. The lowest BCUT2D eigenvalue weighted by Gasteiger charge is -2.54. The molecule has 2 N–H and O–H groups in total. The van der Waals surface area contributed by atoms with Crippen LogP contribution in [0, 0.1) is 22.7 Å². The Morgan fingerprint density at radius 1 is 1.30 bits per heavy atom. The van der Waals surface area contributed by atoms with Gasteiger partial charge in [-0.2, -0.15) is 0 Å². The van der Waals surface area contributed by atoms with Gasteiger partial charge in [-0.05, 0) is 44.2 Å². The van der Waals surface area contributed by atoms with Crippen molar-refractivity contribution in [2.24, 2.45) is 22.7 Å². The van der Waals surface area contributed by atoms with Crippen molar-refractivity contribution >= 4 is 5.91 Å². The Hall–Kier alpha value is -0.610.